The Morgan fingerprint density at radius 1 is 1.12 bits per heavy atom. The van der Waals surface area contributed by atoms with E-state index in [4.69, 9.17) is 11.6 Å². The molecular weight excluding hydrogens is 422 g/mol. The molecule has 158 valence electrons. The second kappa shape index (κ2) is 7.21. The second-order valence-electron chi connectivity index (χ2n) is 8.16. The van der Waals surface area contributed by atoms with Crippen molar-refractivity contribution in [1.82, 2.24) is 24.3 Å². The molecule has 1 amide bonds. The van der Waals surface area contributed by atoms with Crippen molar-refractivity contribution in [2.24, 2.45) is 0 Å². The molecule has 1 N–H and O–H groups in total. The van der Waals surface area contributed by atoms with Crippen LogP contribution < -0.4 is 0 Å². The van der Waals surface area contributed by atoms with Crippen molar-refractivity contribution >= 4 is 34.2 Å². The predicted molar refractivity (Wildman–Crippen MR) is 124 cm³/mol. The van der Waals surface area contributed by atoms with E-state index in [0.29, 0.717) is 23.0 Å². The number of aromatic amines is 1. The molecule has 0 radical (unpaired) electrons. The Labute approximate surface area is 189 Å². The summed E-state index contributed by atoms with van der Waals surface area (Å²) in [5, 5.41) is 1.87. The number of fused-ring (bicyclic) bond motifs is 4. The van der Waals surface area contributed by atoms with Gasteiger partial charge in [0, 0.05) is 52.7 Å². The Bertz CT molecular complexity index is 1450. The first-order valence-electron chi connectivity index (χ1n) is 10.6. The molecule has 0 aliphatic carbocycles. The lowest BCUT2D eigenvalue weighted by Gasteiger charge is -2.38. The van der Waals surface area contributed by atoms with Crippen LogP contribution in [0.1, 0.15) is 46.2 Å². The number of nitrogens with zero attached hydrogens (tertiary/aromatic N) is 4. The zero-order valence-corrected chi connectivity index (χ0v) is 18.1. The Morgan fingerprint density at radius 2 is 1.94 bits per heavy atom. The smallest absolute Gasteiger partial charge is 0.274 e. The maximum absolute atomic E-state index is 13.6. The van der Waals surface area contributed by atoms with E-state index in [-0.39, 0.29) is 17.9 Å². The van der Waals surface area contributed by atoms with Gasteiger partial charge in [-0.2, -0.15) is 0 Å². The number of H-pyrrole nitrogens is 1. The summed E-state index contributed by atoms with van der Waals surface area (Å²) in [6.45, 7) is 2.57. The van der Waals surface area contributed by atoms with Gasteiger partial charge >= 0.3 is 0 Å². The van der Waals surface area contributed by atoms with Gasteiger partial charge in [-0.25, -0.2) is 9.97 Å². The number of carbonyl (C=O) groups is 1. The molecule has 0 fully saturated rings. The van der Waals surface area contributed by atoms with Crippen LogP contribution >= 0.6 is 11.6 Å². The molecule has 5 aromatic rings. The monoisotopic (exact) mass is 441 g/mol. The summed E-state index contributed by atoms with van der Waals surface area (Å²) in [6, 6.07) is 17.8. The number of para-hydroxylation sites is 1. The maximum Gasteiger partial charge on any atom is 0.274 e. The lowest BCUT2D eigenvalue weighted by atomic mass is 9.83. The molecule has 2 aromatic carbocycles. The van der Waals surface area contributed by atoms with Crippen LogP contribution in [-0.2, 0) is 0 Å². The van der Waals surface area contributed by atoms with Gasteiger partial charge in [-0.1, -0.05) is 48.0 Å². The van der Waals surface area contributed by atoms with Gasteiger partial charge in [0.05, 0.1) is 6.04 Å². The molecular formula is C25H20ClN5O. The average Bonchev–Trinajstić information content (AvgIpc) is 3.42. The number of benzene rings is 2. The summed E-state index contributed by atoms with van der Waals surface area (Å²) in [6.07, 6.45) is 5.25. The Hall–Kier alpha value is -3.64. The van der Waals surface area contributed by atoms with Crippen molar-refractivity contribution < 1.29 is 4.79 Å². The SMILES string of the molecule is CC1c2[nH]c3ccccc3c2C(c2ccccc2Cl)CN1C(=O)c1cn2cccnc2n1. The van der Waals surface area contributed by atoms with Crippen LogP contribution in [0.5, 0.6) is 0 Å². The topological polar surface area (TPSA) is 66.3 Å². The van der Waals surface area contributed by atoms with E-state index in [1.165, 1.54) is 10.9 Å². The number of amides is 1. The van der Waals surface area contributed by atoms with Crippen molar-refractivity contribution in [2.45, 2.75) is 18.9 Å². The molecule has 6 nitrogen and oxygen atoms in total. The summed E-state index contributed by atoms with van der Waals surface area (Å²) in [5.74, 6) is 0.337. The molecule has 7 heteroatoms. The first-order valence-corrected chi connectivity index (χ1v) is 10.9. The van der Waals surface area contributed by atoms with E-state index >= 15 is 0 Å². The van der Waals surface area contributed by atoms with Crippen LogP contribution in [0.25, 0.3) is 16.7 Å². The Kier molecular flexibility index (Phi) is 4.30. The molecule has 0 spiro atoms. The fourth-order valence-electron chi connectivity index (χ4n) is 4.84. The summed E-state index contributed by atoms with van der Waals surface area (Å²) < 4.78 is 1.77. The molecule has 2 atom stereocenters. The van der Waals surface area contributed by atoms with E-state index in [0.717, 1.165) is 16.8 Å². The lowest BCUT2D eigenvalue weighted by molar-refractivity contribution is 0.0656. The molecule has 6 rings (SSSR count). The number of hydrogen-bond acceptors (Lipinski definition) is 3. The molecule has 0 bridgehead atoms. The molecule has 0 saturated carbocycles. The number of nitrogens with one attached hydrogen (secondary N) is 1. The van der Waals surface area contributed by atoms with Crippen molar-refractivity contribution in [3.63, 3.8) is 0 Å². The molecule has 0 saturated heterocycles. The van der Waals surface area contributed by atoms with Crippen molar-refractivity contribution in [2.75, 3.05) is 6.54 Å². The number of carbonyl (C=O) groups excluding carboxylic acids is 1. The van der Waals surface area contributed by atoms with E-state index in [1.807, 2.05) is 53.6 Å². The predicted octanol–water partition coefficient (Wildman–Crippen LogP) is 5.21. The zero-order valence-electron chi connectivity index (χ0n) is 17.4. The number of halogens is 1. The van der Waals surface area contributed by atoms with E-state index in [2.05, 4.69) is 34.0 Å². The van der Waals surface area contributed by atoms with Crippen LogP contribution in [-0.4, -0.2) is 36.7 Å². The normalized spacial score (nSPS) is 18.2. The molecule has 32 heavy (non-hydrogen) atoms. The van der Waals surface area contributed by atoms with Gasteiger partial charge in [0.2, 0.25) is 5.78 Å². The molecule has 1 aliphatic heterocycles. The van der Waals surface area contributed by atoms with Crippen LogP contribution in [0.15, 0.2) is 73.2 Å². The standard InChI is InChI=1S/C25H20ClN5O/c1-15-23-22(17-8-3-5-10-20(17)28-23)18(16-7-2-4-9-19(16)26)13-31(15)24(32)21-14-30-12-6-11-27-25(30)29-21/h2-12,14-15,18,28H,13H2,1H3. The highest BCUT2D eigenvalue weighted by atomic mass is 35.5. The Morgan fingerprint density at radius 3 is 2.78 bits per heavy atom. The van der Waals surface area contributed by atoms with E-state index in [1.54, 1.807) is 16.8 Å². The highest BCUT2D eigenvalue weighted by molar-refractivity contribution is 6.31. The number of imidazole rings is 1. The molecule has 1 aliphatic rings. The van der Waals surface area contributed by atoms with Crippen LogP contribution in [0, 0.1) is 0 Å². The first-order chi connectivity index (χ1) is 15.6. The minimum absolute atomic E-state index is 0.0508. The number of rotatable bonds is 2. The summed E-state index contributed by atoms with van der Waals surface area (Å²) in [7, 11) is 0. The molecule has 4 heterocycles. The number of hydrogen-bond donors (Lipinski definition) is 1. The minimum Gasteiger partial charge on any atom is -0.356 e. The first kappa shape index (κ1) is 19.1. The maximum atomic E-state index is 13.6. The highest BCUT2D eigenvalue weighted by Gasteiger charge is 2.38. The molecule has 2 unspecified atom stereocenters. The molecule has 3 aromatic heterocycles. The van der Waals surface area contributed by atoms with Gasteiger partial charge in [0.15, 0.2) is 0 Å². The van der Waals surface area contributed by atoms with Crippen LogP contribution in [0.3, 0.4) is 0 Å². The lowest BCUT2D eigenvalue weighted by Crippen LogP contribution is -2.41. The fraction of sp³-hybridized carbons (Fsp3) is 0.160. The largest absolute Gasteiger partial charge is 0.356 e. The van der Waals surface area contributed by atoms with Gasteiger partial charge in [-0.3, -0.25) is 9.20 Å². The second-order valence-corrected chi connectivity index (χ2v) is 8.57. The van der Waals surface area contributed by atoms with Crippen molar-refractivity contribution in [1.29, 1.82) is 0 Å². The summed E-state index contributed by atoms with van der Waals surface area (Å²) in [5.41, 5.74) is 4.71. The van der Waals surface area contributed by atoms with Gasteiger partial charge in [0.1, 0.15) is 5.69 Å². The van der Waals surface area contributed by atoms with Gasteiger partial charge in [-0.05, 0) is 36.2 Å². The van der Waals surface area contributed by atoms with Crippen LogP contribution in [0.2, 0.25) is 5.02 Å². The van der Waals surface area contributed by atoms with E-state index in [9.17, 15) is 4.79 Å². The van der Waals surface area contributed by atoms with Gasteiger partial charge in [0.25, 0.3) is 5.91 Å². The Balaban J connectivity index is 1.51. The van der Waals surface area contributed by atoms with Gasteiger partial charge < -0.3 is 9.88 Å². The third-order valence-electron chi connectivity index (χ3n) is 6.39. The quantitative estimate of drug-likeness (QED) is 0.408. The van der Waals surface area contributed by atoms with Crippen molar-refractivity contribution in [3.05, 3.63) is 101 Å². The van der Waals surface area contributed by atoms with Crippen molar-refractivity contribution in [3.8, 4) is 0 Å². The third-order valence-corrected chi connectivity index (χ3v) is 6.73. The average molecular weight is 442 g/mol. The summed E-state index contributed by atoms with van der Waals surface area (Å²) in [4.78, 5) is 27.8. The third kappa shape index (κ3) is 2.83. The van der Waals surface area contributed by atoms with Gasteiger partial charge in [-0.15, -0.1) is 0 Å². The van der Waals surface area contributed by atoms with Crippen LogP contribution in [0.4, 0.5) is 0 Å². The fourth-order valence-corrected chi connectivity index (χ4v) is 5.11. The minimum atomic E-state index is -0.138. The number of aromatic nitrogens is 4. The van der Waals surface area contributed by atoms with E-state index < -0.39 is 0 Å². The zero-order chi connectivity index (χ0) is 21.8. The summed E-state index contributed by atoms with van der Waals surface area (Å²) >= 11 is 6.64. The highest BCUT2D eigenvalue weighted by Crippen LogP contribution is 2.44.